The first-order valence-corrected chi connectivity index (χ1v) is 6.60. The highest BCUT2D eigenvalue weighted by atomic mass is 16.5. The van der Waals surface area contributed by atoms with Crippen molar-refractivity contribution in [2.24, 2.45) is 0 Å². The normalized spacial score (nSPS) is 18.0. The van der Waals surface area contributed by atoms with E-state index in [-0.39, 0.29) is 11.7 Å². The van der Waals surface area contributed by atoms with Crippen LogP contribution >= 0.6 is 0 Å². The zero-order valence-corrected chi connectivity index (χ0v) is 11.4. The zero-order valence-electron chi connectivity index (χ0n) is 11.4. The standard InChI is InChI=1S/C15H22O3/c1-11(16)6-5-9-17-13-8-4-7-12-10-15(2,3)18-14(12)13/h4,7-8,11,16H,5-6,9-10H2,1-3H3. The van der Waals surface area contributed by atoms with Crippen LogP contribution in [0.5, 0.6) is 11.5 Å². The summed E-state index contributed by atoms with van der Waals surface area (Å²) in [5, 5.41) is 9.19. The van der Waals surface area contributed by atoms with Gasteiger partial charge in [0.2, 0.25) is 0 Å². The molecule has 0 aromatic heterocycles. The molecule has 100 valence electrons. The third kappa shape index (κ3) is 3.16. The molecule has 1 aromatic carbocycles. The third-order valence-corrected chi connectivity index (χ3v) is 3.08. The van der Waals surface area contributed by atoms with Crippen molar-refractivity contribution in [3.8, 4) is 11.5 Å². The minimum absolute atomic E-state index is 0.137. The van der Waals surface area contributed by atoms with Gasteiger partial charge in [0.25, 0.3) is 0 Å². The van der Waals surface area contributed by atoms with Crippen molar-refractivity contribution in [3.63, 3.8) is 0 Å². The molecule has 1 aromatic rings. The van der Waals surface area contributed by atoms with Crippen LogP contribution in [0.25, 0.3) is 0 Å². The Bertz CT molecular complexity index is 410. The summed E-state index contributed by atoms with van der Waals surface area (Å²) < 4.78 is 11.7. The molecule has 1 atom stereocenters. The second kappa shape index (κ2) is 5.19. The summed E-state index contributed by atoms with van der Waals surface area (Å²) in [6, 6.07) is 6.04. The Kier molecular flexibility index (Phi) is 3.81. The van der Waals surface area contributed by atoms with Gasteiger partial charge in [-0.15, -0.1) is 0 Å². The molecule has 3 nitrogen and oxygen atoms in total. The highest BCUT2D eigenvalue weighted by Gasteiger charge is 2.32. The van der Waals surface area contributed by atoms with Crippen molar-refractivity contribution in [1.82, 2.24) is 0 Å². The first kappa shape index (κ1) is 13.2. The molecular weight excluding hydrogens is 228 g/mol. The largest absolute Gasteiger partial charge is 0.490 e. The first-order chi connectivity index (χ1) is 8.48. The smallest absolute Gasteiger partial charge is 0.165 e. The second-order valence-electron chi connectivity index (χ2n) is 5.62. The van der Waals surface area contributed by atoms with E-state index in [1.165, 1.54) is 5.56 Å². The summed E-state index contributed by atoms with van der Waals surface area (Å²) in [7, 11) is 0. The summed E-state index contributed by atoms with van der Waals surface area (Å²) in [4.78, 5) is 0. The van der Waals surface area contributed by atoms with E-state index in [4.69, 9.17) is 9.47 Å². The van der Waals surface area contributed by atoms with Gasteiger partial charge in [0, 0.05) is 12.0 Å². The van der Waals surface area contributed by atoms with E-state index < -0.39 is 0 Å². The lowest BCUT2D eigenvalue weighted by Gasteiger charge is -2.18. The van der Waals surface area contributed by atoms with Crippen LogP contribution < -0.4 is 9.47 Å². The molecule has 0 saturated carbocycles. The fourth-order valence-electron chi connectivity index (χ4n) is 2.26. The van der Waals surface area contributed by atoms with E-state index in [9.17, 15) is 5.11 Å². The van der Waals surface area contributed by atoms with Crippen LogP contribution in [-0.2, 0) is 6.42 Å². The molecule has 0 spiro atoms. The molecule has 1 aliphatic rings. The van der Waals surface area contributed by atoms with Crippen molar-refractivity contribution in [1.29, 1.82) is 0 Å². The van der Waals surface area contributed by atoms with E-state index in [1.54, 1.807) is 6.92 Å². The Labute approximate surface area is 109 Å². The van der Waals surface area contributed by atoms with E-state index >= 15 is 0 Å². The highest BCUT2D eigenvalue weighted by molar-refractivity contribution is 5.50. The fourth-order valence-corrected chi connectivity index (χ4v) is 2.26. The average Bonchev–Trinajstić information content (AvgIpc) is 2.58. The summed E-state index contributed by atoms with van der Waals surface area (Å²) in [6.07, 6.45) is 2.28. The molecule has 0 amide bonds. The molecule has 0 saturated heterocycles. The van der Waals surface area contributed by atoms with Crippen molar-refractivity contribution < 1.29 is 14.6 Å². The maximum Gasteiger partial charge on any atom is 0.165 e. The van der Waals surface area contributed by atoms with Crippen LogP contribution in [-0.4, -0.2) is 23.4 Å². The van der Waals surface area contributed by atoms with Gasteiger partial charge < -0.3 is 14.6 Å². The number of fused-ring (bicyclic) bond motifs is 1. The molecule has 1 N–H and O–H groups in total. The number of rotatable bonds is 5. The van der Waals surface area contributed by atoms with Gasteiger partial charge in [0.15, 0.2) is 11.5 Å². The number of aliphatic hydroxyl groups excluding tert-OH is 1. The van der Waals surface area contributed by atoms with E-state index in [1.807, 2.05) is 12.1 Å². The molecule has 2 rings (SSSR count). The topological polar surface area (TPSA) is 38.7 Å². The van der Waals surface area contributed by atoms with Gasteiger partial charge in [-0.2, -0.15) is 0 Å². The molecule has 0 aliphatic carbocycles. The van der Waals surface area contributed by atoms with E-state index in [2.05, 4.69) is 19.9 Å². The quantitative estimate of drug-likeness (QED) is 0.817. The SMILES string of the molecule is CC(O)CCCOc1cccc2c1OC(C)(C)C2. The van der Waals surface area contributed by atoms with Gasteiger partial charge >= 0.3 is 0 Å². The number of ether oxygens (including phenoxy) is 2. The van der Waals surface area contributed by atoms with Gasteiger partial charge in [-0.25, -0.2) is 0 Å². The number of para-hydroxylation sites is 1. The lowest BCUT2D eigenvalue weighted by atomic mass is 10.0. The Morgan fingerprint density at radius 3 is 2.94 bits per heavy atom. The summed E-state index contributed by atoms with van der Waals surface area (Å²) in [6.45, 7) is 6.59. The van der Waals surface area contributed by atoms with Gasteiger partial charge in [-0.05, 0) is 39.7 Å². The maximum absolute atomic E-state index is 9.19. The molecule has 1 aliphatic heterocycles. The minimum atomic E-state index is -0.259. The number of hydrogen-bond donors (Lipinski definition) is 1. The van der Waals surface area contributed by atoms with E-state index in [0.717, 1.165) is 30.8 Å². The monoisotopic (exact) mass is 250 g/mol. The van der Waals surface area contributed by atoms with Gasteiger partial charge in [-0.3, -0.25) is 0 Å². The number of aliphatic hydroxyl groups is 1. The lowest BCUT2D eigenvalue weighted by molar-refractivity contribution is 0.130. The molecule has 0 bridgehead atoms. The van der Waals surface area contributed by atoms with Crippen molar-refractivity contribution >= 4 is 0 Å². The van der Waals surface area contributed by atoms with Gasteiger partial charge in [-0.1, -0.05) is 12.1 Å². The second-order valence-corrected chi connectivity index (χ2v) is 5.62. The van der Waals surface area contributed by atoms with Crippen LogP contribution in [0.1, 0.15) is 39.2 Å². The molecule has 1 heterocycles. The Morgan fingerprint density at radius 1 is 1.44 bits per heavy atom. The van der Waals surface area contributed by atoms with Gasteiger partial charge in [0.1, 0.15) is 5.60 Å². The third-order valence-electron chi connectivity index (χ3n) is 3.08. The highest BCUT2D eigenvalue weighted by Crippen LogP contribution is 2.41. The van der Waals surface area contributed by atoms with Crippen LogP contribution in [0.15, 0.2) is 18.2 Å². The fraction of sp³-hybridized carbons (Fsp3) is 0.600. The summed E-state index contributed by atoms with van der Waals surface area (Å²) >= 11 is 0. The molecular formula is C15H22O3. The lowest BCUT2D eigenvalue weighted by Crippen LogP contribution is -2.24. The predicted molar refractivity (Wildman–Crippen MR) is 71.3 cm³/mol. The van der Waals surface area contributed by atoms with Crippen LogP contribution in [0.3, 0.4) is 0 Å². The molecule has 1 unspecified atom stereocenters. The summed E-state index contributed by atoms with van der Waals surface area (Å²) in [5.74, 6) is 1.71. The van der Waals surface area contributed by atoms with Crippen LogP contribution in [0.2, 0.25) is 0 Å². The molecule has 0 radical (unpaired) electrons. The van der Waals surface area contributed by atoms with Gasteiger partial charge in [0.05, 0.1) is 12.7 Å². The average molecular weight is 250 g/mol. The minimum Gasteiger partial charge on any atom is -0.490 e. The Hall–Kier alpha value is -1.22. The number of hydrogen-bond acceptors (Lipinski definition) is 3. The Morgan fingerprint density at radius 2 is 2.22 bits per heavy atom. The van der Waals surface area contributed by atoms with Crippen LogP contribution in [0.4, 0.5) is 0 Å². The number of benzene rings is 1. The van der Waals surface area contributed by atoms with Crippen molar-refractivity contribution in [3.05, 3.63) is 23.8 Å². The molecule has 0 fully saturated rings. The van der Waals surface area contributed by atoms with Crippen molar-refractivity contribution in [2.45, 2.75) is 51.7 Å². The maximum atomic E-state index is 9.19. The molecule has 3 heteroatoms. The van der Waals surface area contributed by atoms with Crippen LogP contribution in [0, 0.1) is 0 Å². The van der Waals surface area contributed by atoms with E-state index in [0.29, 0.717) is 6.61 Å². The predicted octanol–water partition coefficient (Wildman–Crippen LogP) is 2.94. The molecule has 18 heavy (non-hydrogen) atoms. The Balaban J connectivity index is 1.97. The zero-order chi connectivity index (χ0) is 13.2. The van der Waals surface area contributed by atoms with Crippen molar-refractivity contribution in [2.75, 3.05) is 6.61 Å². The summed E-state index contributed by atoms with van der Waals surface area (Å²) in [5.41, 5.74) is 1.08. The first-order valence-electron chi connectivity index (χ1n) is 6.60.